The number of fused-ring (bicyclic) bond motifs is 1. The first-order valence-corrected chi connectivity index (χ1v) is 4.98. The number of aromatic nitrogens is 3. The third-order valence-corrected chi connectivity index (χ3v) is 2.14. The molecule has 0 spiro atoms. The number of hydrogen-bond donors (Lipinski definition) is 1. The van der Waals surface area contributed by atoms with Crippen LogP contribution in [0.1, 0.15) is 13.3 Å². The van der Waals surface area contributed by atoms with Gasteiger partial charge in [-0.05, 0) is 25.5 Å². The van der Waals surface area contributed by atoms with E-state index in [2.05, 4.69) is 28.9 Å². The fourth-order valence-corrected chi connectivity index (χ4v) is 1.42. The van der Waals surface area contributed by atoms with Gasteiger partial charge in [0.25, 0.3) is 0 Å². The van der Waals surface area contributed by atoms with Crippen molar-refractivity contribution in [2.45, 2.75) is 19.4 Å². The molecule has 0 saturated carbocycles. The van der Waals surface area contributed by atoms with Crippen LogP contribution in [0, 0.1) is 0 Å². The maximum atomic E-state index is 4.34. The number of pyridine rings is 1. The number of nitrogens with one attached hydrogen (secondary N) is 1. The third-order valence-electron chi connectivity index (χ3n) is 2.14. The van der Waals surface area contributed by atoms with Crippen molar-refractivity contribution in [2.24, 2.45) is 0 Å². The van der Waals surface area contributed by atoms with E-state index in [1.807, 2.05) is 30.5 Å². The zero-order valence-electron chi connectivity index (χ0n) is 8.72. The van der Waals surface area contributed by atoms with Crippen LogP contribution in [0.25, 0.3) is 5.65 Å². The fourth-order valence-electron chi connectivity index (χ4n) is 1.42. The normalized spacial score (nSPS) is 12.6. The highest BCUT2D eigenvalue weighted by atomic mass is 15.3. The van der Waals surface area contributed by atoms with Crippen molar-refractivity contribution in [3.8, 4) is 0 Å². The highest BCUT2D eigenvalue weighted by molar-refractivity contribution is 5.43. The summed E-state index contributed by atoms with van der Waals surface area (Å²) in [7, 11) is 0. The highest BCUT2D eigenvalue weighted by Gasteiger charge is 2.04. The summed E-state index contributed by atoms with van der Waals surface area (Å²) in [5.41, 5.74) is 0.853. The van der Waals surface area contributed by atoms with Crippen LogP contribution >= 0.6 is 0 Å². The van der Waals surface area contributed by atoms with E-state index in [9.17, 15) is 0 Å². The summed E-state index contributed by atoms with van der Waals surface area (Å²) in [4.78, 5) is 4.34. The van der Waals surface area contributed by atoms with Crippen LogP contribution in [0.4, 0.5) is 5.95 Å². The summed E-state index contributed by atoms with van der Waals surface area (Å²) >= 11 is 0. The SMILES string of the molecule is C=CCC(C)Nc1nc2ccccn2n1. The predicted octanol–water partition coefficient (Wildman–Crippen LogP) is 2.11. The molecule has 0 saturated heterocycles. The van der Waals surface area contributed by atoms with Gasteiger partial charge in [0, 0.05) is 12.2 Å². The zero-order chi connectivity index (χ0) is 10.7. The lowest BCUT2D eigenvalue weighted by atomic mass is 10.2. The minimum atomic E-state index is 0.305. The molecule has 0 aliphatic carbocycles. The second-order valence-corrected chi connectivity index (χ2v) is 3.51. The van der Waals surface area contributed by atoms with Crippen molar-refractivity contribution >= 4 is 11.6 Å². The fraction of sp³-hybridized carbons (Fsp3) is 0.273. The van der Waals surface area contributed by atoms with Crippen molar-refractivity contribution in [1.29, 1.82) is 0 Å². The molecule has 0 bridgehead atoms. The number of rotatable bonds is 4. The largest absolute Gasteiger partial charge is 0.350 e. The average molecular weight is 202 g/mol. The Morgan fingerprint density at radius 3 is 3.20 bits per heavy atom. The van der Waals surface area contributed by atoms with Gasteiger partial charge >= 0.3 is 0 Å². The first-order chi connectivity index (χ1) is 7.29. The molecule has 15 heavy (non-hydrogen) atoms. The Morgan fingerprint density at radius 1 is 1.60 bits per heavy atom. The van der Waals surface area contributed by atoms with Gasteiger partial charge < -0.3 is 5.32 Å². The number of nitrogens with zero attached hydrogens (tertiary/aromatic N) is 3. The Morgan fingerprint density at radius 2 is 2.47 bits per heavy atom. The van der Waals surface area contributed by atoms with Crippen LogP contribution in [0.5, 0.6) is 0 Å². The van der Waals surface area contributed by atoms with Crippen molar-refractivity contribution in [3.05, 3.63) is 37.1 Å². The Hall–Kier alpha value is -1.84. The van der Waals surface area contributed by atoms with Gasteiger partial charge in [-0.25, -0.2) is 4.52 Å². The lowest BCUT2D eigenvalue weighted by Gasteiger charge is -2.08. The molecule has 0 amide bonds. The second kappa shape index (κ2) is 4.13. The lowest BCUT2D eigenvalue weighted by Crippen LogP contribution is -2.14. The van der Waals surface area contributed by atoms with E-state index in [1.54, 1.807) is 4.52 Å². The Labute approximate surface area is 88.6 Å². The molecule has 2 heterocycles. The van der Waals surface area contributed by atoms with Gasteiger partial charge in [-0.3, -0.25) is 0 Å². The van der Waals surface area contributed by atoms with E-state index in [0.717, 1.165) is 12.1 Å². The number of hydrogen-bond acceptors (Lipinski definition) is 3. The summed E-state index contributed by atoms with van der Waals surface area (Å²) < 4.78 is 1.75. The molecule has 2 aromatic heterocycles. The monoisotopic (exact) mass is 202 g/mol. The molecule has 78 valence electrons. The minimum absolute atomic E-state index is 0.305. The maximum absolute atomic E-state index is 4.34. The molecule has 1 atom stereocenters. The van der Waals surface area contributed by atoms with Crippen LogP contribution in [0.15, 0.2) is 37.1 Å². The Bertz CT molecular complexity index is 427. The maximum Gasteiger partial charge on any atom is 0.243 e. The molecule has 4 nitrogen and oxygen atoms in total. The van der Waals surface area contributed by atoms with Crippen molar-refractivity contribution in [2.75, 3.05) is 5.32 Å². The van der Waals surface area contributed by atoms with Gasteiger partial charge in [0.15, 0.2) is 5.65 Å². The lowest BCUT2D eigenvalue weighted by molar-refractivity contribution is 0.796. The van der Waals surface area contributed by atoms with Crippen molar-refractivity contribution < 1.29 is 0 Å². The summed E-state index contributed by atoms with van der Waals surface area (Å²) in [6.07, 6.45) is 4.66. The molecule has 0 aromatic carbocycles. The third kappa shape index (κ3) is 2.15. The summed E-state index contributed by atoms with van der Waals surface area (Å²) in [5.74, 6) is 0.663. The molecule has 1 unspecified atom stereocenters. The van der Waals surface area contributed by atoms with Gasteiger partial charge in [-0.15, -0.1) is 11.7 Å². The van der Waals surface area contributed by atoms with Crippen LogP contribution in [-0.4, -0.2) is 20.6 Å². The van der Waals surface area contributed by atoms with Crippen LogP contribution in [-0.2, 0) is 0 Å². The van der Waals surface area contributed by atoms with Crippen LogP contribution in [0.3, 0.4) is 0 Å². The standard InChI is InChI=1S/C11H14N4/c1-3-6-9(2)12-11-13-10-7-4-5-8-15(10)14-11/h3-5,7-9H,1,6H2,2H3,(H,12,14). The topological polar surface area (TPSA) is 42.2 Å². The van der Waals surface area contributed by atoms with Crippen LogP contribution < -0.4 is 5.32 Å². The molecule has 0 aliphatic rings. The van der Waals surface area contributed by atoms with Crippen molar-refractivity contribution in [1.82, 2.24) is 14.6 Å². The highest BCUT2D eigenvalue weighted by Crippen LogP contribution is 2.06. The molecular weight excluding hydrogens is 188 g/mol. The van der Waals surface area contributed by atoms with Crippen molar-refractivity contribution in [3.63, 3.8) is 0 Å². The van der Waals surface area contributed by atoms with E-state index < -0.39 is 0 Å². The molecule has 4 heteroatoms. The summed E-state index contributed by atoms with van der Waals surface area (Å²) in [6.45, 7) is 5.78. The van der Waals surface area contributed by atoms with Gasteiger partial charge in [-0.1, -0.05) is 12.1 Å². The van der Waals surface area contributed by atoms with E-state index in [1.165, 1.54) is 0 Å². The summed E-state index contributed by atoms with van der Waals surface area (Å²) in [5, 5.41) is 7.51. The van der Waals surface area contributed by atoms with Gasteiger partial charge in [0.05, 0.1) is 0 Å². The van der Waals surface area contributed by atoms with Gasteiger partial charge in [0.2, 0.25) is 5.95 Å². The Kier molecular flexibility index (Phi) is 2.67. The average Bonchev–Trinajstić information content (AvgIpc) is 2.59. The minimum Gasteiger partial charge on any atom is -0.350 e. The van der Waals surface area contributed by atoms with E-state index in [0.29, 0.717) is 12.0 Å². The quantitative estimate of drug-likeness (QED) is 0.772. The zero-order valence-corrected chi connectivity index (χ0v) is 8.72. The molecule has 1 N–H and O–H groups in total. The molecule has 2 aromatic rings. The van der Waals surface area contributed by atoms with Gasteiger partial charge in [-0.2, -0.15) is 4.98 Å². The molecular formula is C11H14N4. The predicted molar refractivity (Wildman–Crippen MR) is 60.9 cm³/mol. The van der Waals surface area contributed by atoms with Gasteiger partial charge in [0.1, 0.15) is 0 Å². The second-order valence-electron chi connectivity index (χ2n) is 3.51. The molecule has 0 fully saturated rings. The number of anilines is 1. The first kappa shape index (κ1) is 9.71. The van der Waals surface area contributed by atoms with E-state index >= 15 is 0 Å². The van der Waals surface area contributed by atoms with E-state index in [4.69, 9.17) is 0 Å². The Balaban J connectivity index is 2.18. The molecule has 2 rings (SSSR count). The van der Waals surface area contributed by atoms with E-state index in [-0.39, 0.29) is 0 Å². The first-order valence-electron chi connectivity index (χ1n) is 4.98. The molecule has 0 aliphatic heterocycles. The smallest absolute Gasteiger partial charge is 0.243 e. The van der Waals surface area contributed by atoms with Crippen LogP contribution in [0.2, 0.25) is 0 Å². The summed E-state index contributed by atoms with van der Waals surface area (Å²) in [6, 6.07) is 6.11. The molecule has 0 radical (unpaired) electrons.